The van der Waals surface area contributed by atoms with Crippen molar-refractivity contribution < 1.29 is 72.6 Å². The number of halogens is 1. The molecule has 2 aliphatic carbocycles. The number of aromatic nitrogens is 2. The minimum atomic E-state index is -2.06. The zero-order chi connectivity index (χ0) is 57.9. The maximum atomic E-state index is 15.6. The number of imide groups is 1. The summed E-state index contributed by atoms with van der Waals surface area (Å²) in [7, 11) is 0. The first-order valence-electron chi connectivity index (χ1n) is 26.7. The lowest BCUT2D eigenvalue weighted by molar-refractivity contribution is -0.172. The van der Waals surface area contributed by atoms with E-state index in [1.807, 2.05) is 0 Å². The van der Waals surface area contributed by atoms with Gasteiger partial charge in [0.2, 0.25) is 23.6 Å². The van der Waals surface area contributed by atoms with Gasteiger partial charge in [-0.25, -0.2) is 14.2 Å². The molecular weight excluding hydrogens is 1060 g/mol. The zero-order valence-electron chi connectivity index (χ0n) is 44.3. The Labute approximate surface area is 462 Å². The fourth-order valence-electron chi connectivity index (χ4n) is 10.9. The number of amides is 6. The standard InChI is InChI=1S/C55H63FN10O15/c1-3-55(79)33-17-38-49-31(24-65(38)53(77)32(33)25-80-54(55)78)48-35(12-11-30-27(2)34(56)18-36(63-49)47(30)48)64-52(76)40(16-29-9-10-29)81-26-61-42(68)21-59-50(74)37(15-28-7-5-4-6-8-28)62-43(69)22-58-41(67)20-60-51(75)39(19-57-23-46(72)73)66-44(70)13-14-45(66)71/h4-8,13-14,17-18,29,35,37,39-40,51-52,57,60,64,75-76,79H,3,9-12,15-16,19-26H2,1-2H3,(H,58,67)(H,59,74)(H,61,68)(H,62,69)(H,72,73)/t35-,37+,39-,40-,51?,52?,55+/m1/s1. The molecule has 81 heavy (non-hydrogen) atoms. The molecular formula is C55H63FN10O15. The number of aliphatic hydroxyl groups excluding tert-OH is 2. The number of cyclic esters (lactones) is 1. The average molecular weight is 1120 g/mol. The molecule has 2 aromatic heterocycles. The number of hydrogen-bond acceptors (Lipinski definition) is 18. The van der Waals surface area contributed by atoms with Gasteiger partial charge in [-0.2, -0.15) is 0 Å². The van der Waals surface area contributed by atoms with Gasteiger partial charge in [-0.05, 0) is 66.8 Å². The quantitative estimate of drug-likeness (QED) is 0.0171. The van der Waals surface area contributed by atoms with E-state index in [1.54, 1.807) is 50.2 Å². The van der Waals surface area contributed by atoms with Crippen molar-refractivity contribution >= 4 is 58.3 Å². The van der Waals surface area contributed by atoms with Gasteiger partial charge >= 0.3 is 11.9 Å². The van der Waals surface area contributed by atoms with Gasteiger partial charge in [0.1, 0.15) is 37.7 Å². The maximum absolute atomic E-state index is 15.6. The van der Waals surface area contributed by atoms with E-state index in [-0.39, 0.29) is 56.3 Å². The highest BCUT2D eigenvalue weighted by atomic mass is 19.1. The van der Waals surface area contributed by atoms with E-state index in [9.17, 15) is 58.5 Å². The molecule has 6 amide bonds. The number of nitrogens with one attached hydrogen (secondary N) is 7. The minimum Gasteiger partial charge on any atom is -0.480 e. The second-order valence-electron chi connectivity index (χ2n) is 20.7. The Morgan fingerprint density at radius 1 is 0.889 bits per heavy atom. The van der Waals surface area contributed by atoms with Gasteiger partial charge < -0.3 is 61.1 Å². The maximum Gasteiger partial charge on any atom is 0.343 e. The highest BCUT2D eigenvalue weighted by Crippen LogP contribution is 2.46. The lowest BCUT2D eigenvalue weighted by Crippen LogP contribution is -2.58. The molecule has 9 rings (SSSR count). The number of carbonyl (C=O) groups is 8. The molecule has 5 heterocycles. The van der Waals surface area contributed by atoms with Crippen molar-refractivity contribution in [2.75, 3.05) is 39.5 Å². The Hall–Kier alpha value is -7.85. The van der Waals surface area contributed by atoms with E-state index in [2.05, 4.69) is 37.2 Å². The van der Waals surface area contributed by atoms with Crippen molar-refractivity contribution in [3.05, 3.63) is 110 Å². The minimum absolute atomic E-state index is 0.0101. The van der Waals surface area contributed by atoms with Crippen LogP contribution in [0.4, 0.5) is 4.39 Å². The lowest BCUT2D eigenvalue weighted by atomic mass is 9.81. The van der Waals surface area contributed by atoms with Gasteiger partial charge in [0, 0.05) is 53.7 Å². The number of nitrogens with zero attached hydrogens (tertiary/aromatic N) is 3. The van der Waals surface area contributed by atoms with Crippen molar-refractivity contribution in [1.82, 2.24) is 51.7 Å². The summed E-state index contributed by atoms with van der Waals surface area (Å²) in [6.45, 7) is 0.0334. The second-order valence-corrected chi connectivity index (χ2v) is 20.7. The van der Waals surface area contributed by atoms with Crippen molar-refractivity contribution in [1.29, 1.82) is 0 Å². The van der Waals surface area contributed by atoms with Crippen molar-refractivity contribution in [3.8, 4) is 11.4 Å². The molecule has 2 unspecified atom stereocenters. The summed E-state index contributed by atoms with van der Waals surface area (Å²) in [5.74, 6) is -6.82. The second kappa shape index (κ2) is 24.5. The molecule has 1 fully saturated rings. The number of pyridine rings is 2. The normalized spacial score (nSPS) is 19.7. The number of carbonyl (C=O) groups excluding carboxylic acids is 7. The van der Waals surface area contributed by atoms with E-state index < -0.39 is 127 Å². The van der Waals surface area contributed by atoms with Crippen LogP contribution in [0.3, 0.4) is 0 Å². The smallest absolute Gasteiger partial charge is 0.343 e. The Morgan fingerprint density at radius 3 is 2.31 bits per heavy atom. The van der Waals surface area contributed by atoms with Crippen LogP contribution in [0.25, 0.3) is 22.3 Å². The fourth-order valence-corrected chi connectivity index (χ4v) is 10.9. The molecule has 5 aliphatic rings. The number of aliphatic hydroxyl groups is 3. The molecule has 3 aliphatic heterocycles. The number of rotatable bonds is 26. The van der Waals surface area contributed by atoms with Crippen LogP contribution in [0, 0.1) is 18.7 Å². The number of carboxylic acids is 1. The number of ether oxygens (including phenoxy) is 2. The van der Waals surface area contributed by atoms with Crippen molar-refractivity contribution in [2.45, 2.75) is 114 Å². The topological polar surface area (TPSA) is 358 Å². The molecule has 7 atom stereocenters. The van der Waals surface area contributed by atoms with Crippen molar-refractivity contribution in [2.24, 2.45) is 5.92 Å². The summed E-state index contributed by atoms with van der Waals surface area (Å²) in [5.41, 5.74) is 2.07. The van der Waals surface area contributed by atoms with E-state index in [0.717, 1.165) is 30.6 Å². The number of hydrogen-bond donors (Lipinski definition) is 11. The third-order valence-corrected chi connectivity index (χ3v) is 15.4. The third kappa shape index (κ3) is 12.6. The summed E-state index contributed by atoms with van der Waals surface area (Å²) in [6.07, 6.45) is 1.15. The summed E-state index contributed by atoms with van der Waals surface area (Å²) in [5, 5.41) is 62.2. The fraction of sp³-hybridized carbons (Fsp3) is 0.455. The summed E-state index contributed by atoms with van der Waals surface area (Å²) < 4.78 is 28.5. The first-order valence-corrected chi connectivity index (χ1v) is 26.7. The number of fused-ring (bicyclic) bond motifs is 5. The number of esters is 1. The van der Waals surface area contributed by atoms with Crippen LogP contribution in [0.5, 0.6) is 0 Å². The Balaban J connectivity index is 0.810. The summed E-state index contributed by atoms with van der Waals surface area (Å²) >= 11 is 0. The van der Waals surface area contributed by atoms with E-state index in [4.69, 9.17) is 19.6 Å². The van der Waals surface area contributed by atoms with Gasteiger partial charge in [0.25, 0.3) is 17.4 Å². The SMILES string of the molecule is CC[C@@]1(O)C(=O)OCc2c1cc1n(c2=O)Cc2c-1nc1cc(F)c(C)c3c1c2[C@H](NC(O)[C@@H](CC1CC1)OCNC(=O)CNC(=O)[C@H](Cc1ccccc1)NC(=O)CNC(=O)CNC(O)[C@@H](CNCC(=O)O)N1C(=O)C=CC1=O)CC3. The van der Waals surface area contributed by atoms with Gasteiger partial charge in [-0.1, -0.05) is 50.1 Å². The van der Waals surface area contributed by atoms with Gasteiger partial charge in [0.05, 0.1) is 67.3 Å². The third-order valence-electron chi connectivity index (χ3n) is 15.4. The van der Waals surface area contributed by atoms with Crippen molar-refractivity contribution in [3.63, 3.8) is 0 Å². The van der Waals surface area contributed by atoms with Crippen LogP contribution >= 0.6 is 0 Å². The molecule has 2 aromatic carbocycles. The van der Waals surface area contributed by atoms with E-state index in [0.29, 0.717) is 68.7 Å². The summed E-state index contributed by atoms with van der Waals surface area (Å²) in [4.78, 5) is 121. The molecule has 0 radical (unpaired) electrons. The predicted molar refractivity (Wildman–Crippen MR) is 282 cm³/mol. The van der Waals surface area contributed by atoms with Crippen LogP contribution in [-0.4, -0.2) is 152 Å². The Morgan fingerprint density at radius 2 is 1.60 bits per heavy atom. The van der Waals surface area contributed by atoms with Crippen LogP contribution in [0.15, 0.2) is 59.4 Å². The van der Waals surface area contributed by atoms with Gasteiger partial charge in [-0.15, -0.1) is 0 Å². The van der Waals surface area contributed by atoms with Crippen LogP contribution in [-0.2, 0) is 79.4 Å². The number of aliphatic carboxylic acids is 1. The van der Waals surface area contributed by atoms with E-state index in [1.165, 1.54) is 10.6 Å². The first kappa shape index (κ1) is 57.8. The van der Waals surface area contributed by atoms with Crippen LogP contribution in [0.2, 0.25) is 0 Å². The number of aryl methyl sites for hydroxylation is 1. The average Bonchev–Trinajstić information content (AvgIpc) is 4.08. The molecule has 11 N–H and O–H groups in total. The molecule has 0 bridgehead atoms. The Bertz CT molecular complexity index is 3260. The molecule has 0 spiro atoms. The molecule has 25 nitrogen and oxygen atoms in total. The lowest BCUT2D eigenvalue weighted by Gasteiger charge is -2.33. The molecule has 430 valence electrons. The monoisotopic (exact) mass is 1120 g/mol. The largest absolute Gasteiger partial charge is 0.480 e. The van der Waals surface area contributed by atoms with Gasteiger partial charge in [-0.3, -0.25) is 53.9 Å². The molecule has 26 heteroatoms. The summed E-state index contributed by atoms with van der Waals surface area (Å²) in [6, 6.07) is 8.50. The molecule has 1 saturated carbocycles. The zero-order valence-corrected chi connectivity index (χ0v) is 44.3. The highest BCUT2D eigenvalue weighted by Gasteiger charge is 2.46. The highest BCUT2D eigenvalue weighted by molar-refractivity contribution is 6.13. The van der Waals surface area contributed by atoms with Crippen LogP contribution in [0.1, 0.15) is 84.0 Å². The van der Waals surface area contributed by atoms with Crippen LogP contribution < -0.4 is 42.8 Å². The number of benzene rings is 2. The first-order chi connectivity index (χ1) is 38.8. The predicted octanol–water partition coefficient (Wildman–Crippen LogP) is -1.48. The van der Waals surface area contributed by atoms with Gasteiger partial charge in [0.15, 0.2) is 5.60 Å². The molecule has 4 aromatic rings. The Kier molecular flexibility index (Phi) is 17.5. The van der Waals surface area contributed by atoms with E-state index >= 15 is 4.39 Å². The number of carboxylic acid groups (broad SMARTS) is 1. The molecule has 0 saturated heterocycles.